The molecule has 2 atom stereocenters. The molecule has 3 nitrogen and oxygen atoms in total. The van der Waals surface area contributed by atoms with E-state index in [1.165, 1.54) is 24.9 Å². The molecule has 0 aliphatic carbocycles. The van der Waals surface area contributed by atoms with Crippen LogP contribution in [0.15, 0.2) is 24.5 Å². The highest BCUT2D eigenvalue weighted by molar-refractivity contribution is 5.13. The van der Waals surface area contributed by atoms with E-state index in [-0.39, 0.29) is 0 Å². The minimum absolute atomic E-state index is 0.421. The van der Waals surface area contributed by atoms with E-state index in [4.69, 9.17) is 0 Å². The SMILES string of the molecule is CC(NCC1CCCNC1)c1ccncc1. The first-order chi connectivity index (χ1) is 7.86. The molecule has 1 aliphatic rings. The van der Waals surface area contributed by atoms with Gasteiger partial charge < -0.3 is 10.6 Å². The molecule has 2 unspecified atom stereocenters. The van der Waals surface area contributed by atoms with Crippen molar-refractivity contribution < 1.29 is 0 Å². The van der Waals surface area contributed by atoms with Crippen LogP contribution in [0, 0.1) is 5.92 Å². The Morgan fingerprint density at radius 3 is 3.00 bits per heavy atom. The molecule has 1 fully saturated rings. The lowest BCUT2D eigenvalue weighted by Crippen LogP contribution is -2.36. The van der Waals surface area contributed by atoms with Gasteiger partial charge in [0.1, 0.15) is 0 Å². The van der Waals surface area contributed by atoms with Gasteiger partial charge in [-0.05, 0) is 63.0 Å². The van der Waals surface area contributed by atoms with Gasteiger partial charge in [0.2, 0.25) is 0 Å². The minimum Gasteiger partial charge on any atom is -0.316 e. The van der Waals surface area contributed by atoms with Gasteiger partial charge in [-0.3, -0.25) is 4.98 Å². The summed E-state index contributed by atoms with van der Waals surface area (Å²) in [6.45, 7) is 5.68. The first-order valence-electron chi connectivity index (χ1n) is 6.20. The Kier molecular flexibility index (Phi) is 4.31. The van der Waals surface area contributed by atoms with E-state index in [1.807, 2.05) is 12.4 Å². The first-order valence-corrected chi connectivity index (χ1v) is 6.20. The van der Waals surface area contributed by atoms with Gasteiger partial charge in [0.05, 0.1) is 0 Å². The number of pyridine rings is 1. The van der Waals surface area contributed by atoms with Crippen molar-refractivity contribution >= 4 is 0 Å². The van der Waals surface area contributed by atoms with Gasteiger partial charge >= 0.3 is 0 Å². The molecule has 3 heteroatoms. The molecule has 0 aromatic carbocycles. The maximum atomic E-state index is 4.04. The summed E-state index contributed by atoms with van der Waals surface area (Å²) >= 11 is 0. The topological polar surface area (TPSA) is 37.0 Å². The van der Waals surface area contributed by atoms with Crippen molar-refractivity contribution in [1.82, 2.24) is 15.6 Å². The van der Waals surface area contributed by atoms with Crippen LogP contribution in [0.5, 0.6) is 0 Å². The fraction of sp³-hybridized carbons (Fsp3) is 0.615. The van der Waals surface area contributed by atoms with Crippen LogP contribution in [0.25, 0.3) is 0 Å². The molecule has 2 rings (SSSR count). The van der Waals surface area contributed by atoms with Gasteiger partial charge in [0.25, 0.3) is 0 Å². The molecule has 2 N–H and O–H groups in total. The summed E-state index contributed by atoms with van der Waals surface area (Å²) in [5, 5.41) is 7.05. The molecule has 1 aliphatic heterocycles. The van der Waals surface area contributed by atoms with E-state index in [1.54, 1.807) is 0 Å². The van der Waals surface area contributed by atoms with E-state index in [0.717, 1.165) is 19.0 Å². The summed E-state index contributed by atoms with van der Waals surface area (Å²) in [4.78, 5) is 4.04. The summed E-state index contributed by atoms with van der Waals surface area (Å²) in [6.07, 6.45) is 6.38. The van der Waals surface area contributed by atoms with Gasteiger partial charge in [-0.2, -0.15) is 0 Å². The Morgan fingerprint density at radius 2 is 2.31 bits per heavy atom. The van der Waals surface area contributed by atoms with E-state index < -0.39 is 0 Å². The largest absolute Gasteiger partial charge is 0.316 e. The number of rotatable bonds is 4. The Balaban J connectivity index is 1.77. The van der Waals surface area contributed by atoms with E-state index in [9.17, 15) is 0 Å². The lowest BCUT2D eigenvalue weighted by Gasteiger charge is -2.25. The molecular formula is C13H21N3. The summed E-state index contributed by atoms with van der Waals surface area (Å²) in [5.74, 6) is 0.790. The van der Waals surface area contributed by atoms with Crippen molar-refractivity contribution in [3.8, 4) is 0 Å². The van der Waals surface area contributed by atoms with Crippen LogP contribution in [0.2, 0.25) is 0 Å². The van der Waals surface area contributed by atoms with Gasteiger partial charge in [0.15, 0.2) is 0 Å². The average molecular weight is 219 g/mol. The molecule has 0 saturated carbocycles. The Morgan fingerprint density at radius 1 is 1.50 bits per heavy atom. The lowest BCUT2D eigenvalue weighted by atomic mass is 9.99. The van der Waals surface area contributed by atoms with Crippen LogP contribution in [0.1, 0.15) is 31.4 Å². The maximum Gasteiger partial charge on any atom is 0.0293 e. The van der Waals surface area contributed by atoms with Gasteiger partial charge in [-0.15, -0.1) is 0 Å². The zero-order chi connectivity index (χ0) is 11.2. The highest BCUT2D eigenvalue weighted by Gasteiger charge is 2.13. The number of hydrogen-bond donors (Lipinski definition) is 2. The number of nitrogens with zero attached hydrogens (tertiary/aromatic N) is 1. The van der Waals surface area contributed by atoms with E-state index in [0.29, 0.717) is 6.04 Å². The minimum atomic E-state index is 0.421. The molecule has 0 spiro atoms. The number of piperidine rings is 1. The third-order valence-electron chi connectivity index (χ3n) is 3.32. The second-order valence-corrected chi connectivity index (χ2v) is 4.62. The molecule has 1 saturated heterocycles. The molecule has 1 aromatic heterocycles. The van der Waals surface area contributed by atoms with Gasteiger partial charge in [0, 0.05) is 18.4 Å². The molecule has 0 amide bonds. The average Bonchev–Trinajstić information content (AvgIpc) is 2.38. The second kappa shape index (κ2) is 5.97. The monoisotopic (exact) mass is 219 g/mol. The van der Waals surface area contributed by atoms with Crippen molar-refractivity contribution in [2.75, 3.05) is 19.6 Å². The smallest absolute Gasteiger partial charge is 0.0293 e. The number of nitrogens with one attached hydrogen (secondary N) is 2. The summed E-state index contributed by atoms with van der Waals surface area (Å²) < 4.78 is 0. The van der Waals surface area contributed by atoms with Crippen LogP contribution in [0.3, 0.4) is 0 Å². The third-order valence-corrected chi connectivity index (χ3v) is 3.32. The fourth-order valence-corrected chi connectivity index (χ4v) is 2.21. The van der Waals surface area contributed by atoms with Gasteiger partial charge in [-0.25, -0.2) is 0 Å². The standard InChI is InChI=1S/C13H21N3/c1-11(13-4-7-14-8-5-13)16-10-12-3-2-6-15-9-12/h4-5,7-8,11-12,15-16H,2-3,6,9-10H2,1H3. The summed E-state index contributed by atoms with van der Waals surface area (Å²) in [7, 11) is 0. The Bertz CT molecular complexity index is 293. The second-order valence-electron chi connectivity index (χ2n) is 4.62. The van der Waals surface area contributed by atoms with Crippen molar-refractivity contribution in [1.29, 1.82) is 0 Å². The van der Waals surface area contributed by atoms with Crippen LogP contribution >= 0.6 is 0 Å². The van der Waals surface area contributed by atoms with Crippen LogP contribution in [0.4, 0.5) is 0 Å². The molecule has 88 valence electrons. The zero-order valence-electron chi connectivity index (χ0n) is 9.95. The van der Waals surface area contributed by atoms with E-state index >= 15 is 0 Å². The number of hydrogen-bond acceptors (Lipinski definition) is 3. The van der Waals surface area contributed by atoms with Crippen LogP contribution in [-0.4, -0.2) is 24.6 Å². The molecule has 2 heterocycles. The normalized spacial score (nSPS) is 22.9. The molecule has 1 aromatic rings. The summed E-state index contributed by atoms with van der Waals surface area (Å²) in [5.41, 5.74) is 1.32. The fourth-order valence-electron chi connectivity index (χ4n) is 2.21. The van der Waals surface area contributed by atoms with E-state index in [2.05, 4.69) is 34.7 Å². The third kappa shape index (κ3) is 3.29. The summed E-state index contributed by atoms with van der Waals surface area (Å²) in [6, 6.07) is 4.58. The predicted molar refractivity (Wildman–Crippen MR) is 66.2 cm³/mol. The Labute approximate surface area is 97.7 Å². The van der Waals surface area contributed by atoms with Gasteiger partial charge in [-0.1, -0.05) is 0 Å². The van der Waals surface area contributed by atoms with Crippen LogP contribution < -0.4 is 10.6 Å². The molecule has 0 radical (unpaired) electrons. The highest BCUT2D eigenvalue weighted by Crippen LogP contribution is 2.13. The maximum absolute atomic E-state index is 4.04. The van der Waals surface area contributed by atoms with Crippen molar-refractivity contribution in [2.45, 2.75) is 25.8 Å². The first kappa shape index (κ1) is 11.6. The quantitative estimate of drug-likeness (QED) is 0.810. The van der Waals surface area contributed by atoms with Crippen molar-refractivity contribution in [3.05, 3.63) is 30.1 Å². The zero-order valence-corrected chi connectivity index (χ0v) is 9.95. The van der Waals surface area contributed by atoms with Crippen molar-refractivity contribution in [2.24, 2.45) is 5.92 Å². The van der Waals surface area contributed by atoms with Crippen LogP contribution in [-0.2, 0) is 0 Å². The molecule has 0 bridgehead atoms. The molecule has 16 heavy (non-hydrogen) atoms. The van der Waals surface area contributed by atoms with Crippen molar-refractivity contribution in [3.63, 3.8) is 0 Å². The predicted octanol–water partition coefficient (Wildman–Crippen LogP) is 1.73. The lowest BCUT2D eigenvalue weighted by molar-refractivity contribution is 0.348. The molecular weight excluding hydrogens is 198 g/mol. The Hall–Kier alpha value is -0.930. The number of aromatic nitrogens is 1. The highest BCUT2D eigenvalue weighted by atomic mass is 14.9.